The fourth-order valence-corrected chi connectivity index (χ4v) is 3.69. The van der Waals surface area contributed by atoms with Crippen molar-refractivity contribution < 1.29 is 13.2 Å². The van der Waals surface area contributed by atoms with E-state index >= 15 is 0 Å². The van der Waals surface area contributed by atoms with Crippen molar-refractivity contribution in [3.8, 4) is 0 Å². The molecule has 1 rings (SSSR count). The summed E-state index contributed by atoms with van der Waals surface area (Å²) in [5.74, 6) is -0.379. The largest absolute Gasteiger partial charge is 0.348 e. The third-order valence-corrected chi connectivity index (χ3v) is 5.29. The zero-order chi connectivity index (χ0) is 13.2. The van der Waals surface area contributed by atoms with E-state index in [9.17, 15) is 13.2 Å². The standard InChI is InChI=1S/C10H21N3O3S.ClH/c1-8-7-11-5-6-13(8)17(15,16)9(2)10(14)12(3)4;/h8-9,11H,5-7H2,1-4H3;1H. The minimum absolute atomic E-state index is 0. The number of nitrogens with one attached hydrogen (secondary N) is 1. The van der Waals surface area contributed by atoms with E-state index in [1.807, 2.05) is 6.92 Å². The van der Waals surface area contributed by atoms with Crippen LogP contribution in [0, 0.1) is 0 Å². The van der Waals surface area contributed by atoms with Gasteiger partial charge in [-0.3, -0.25) is 4.79 Å². The number of sulfonamides is 1. The summed E-state index contributed by atoms with van der Waals surface area (Å²) in [6.45, 7) is 4.98. The van der Waals surface area contributed by atoms with Gasteiger partial charge in [0.1, 0.15) is 0 Å². The fraction of sp³-hybridized carbons (Fsp3) is 0.900. The lowest BCUT2D eigenvalue weighted by Crippen LogP contribution is -2.56. The van der Waals surface area contributed by atoms with Crippen LogP contribution in [-0.4, -0.2) is 68.6 Å². The first-order valence-corrected chi connectivity index (χ1v) is 7.21. The highest BCUT2D eigenvalue weighted by atomic mass is 35.5. The Bertz CT molecular complexity index is 386. The van der Waals surface area contributed by atoms with Crippen LogP contribution in [0.3, 0.4) is 0 Å². The molecule has 1 amide bonds. The lowest BCUT2D eigenvalue weighted by molar-refractivity contribution is -0.128. The molecular weight excluding hydrogens is 278 g/mol. The predicted octanol–water partition coefficient (Wildman–Crippen LogP) is -0.492. The molecule has 1 saturated heterocycles. The van der Waals surface area contributed by atoms with E-state index in [2.05, 4.69) is 5.32 Å². The van der Waals surface area contributed by atoms with Gasteiger partial charge in [-0.25, -0.2) is 8.42 Å². The number of nitrogens with zero attached hydrogens (tertiary/aromatic N) is 2. The van der Waals surface area contributed by atoms with Gasteiger partial charge in [0, 0.05) is 39.8 Å². The van der Waals surface area contributed by atoms with Crippen molar-refractivity contribution in [2.75, 3.05) is 33.7 Å². The van der Waals surface area contributed by atoms with Crippen molar-refractivity contribution in [3.63, 3.8) is 0 Å². The summed E-state index contributed by atoms with van der Waals surface area (Å²) in [7, 11) is -0.423. The van der Waals surface area contributed by atoms with E-state index in [4.69, 9.17) is 0 Å². The maximum Gasteiger partial charge on any atom is 0.241 e. The van der Waals surface area contributed by atoms with Gasteiger partial charge in [0.05, 0.1) is 0 Å². The van der Waals surface area contributed by atoms with E-state index in [1.54, 1.807) is 14.1 Å². The first kappa shape index (κ1) is 17.6. The number of carbonyl (C=O) groups is 1. The van der Waals surface area contributed by atoms with Crippen molar-refractivity contribution in [3.05, 3.63) is 0 Å². The molecule has 0 spiro atoms. The van der Waals surface area contributed by atoms with Crippen LogP contribution in [0.5, 0.6) is 0 Å². The normalized spacial score (nSPS) is 23.0. The average Bonchev–Trinajstić information content (AvgIpc) is 2.27. The van der Waals surface area contributed by atoms with E-state index in [-0.39, 0.29) is 24.4 Å². The van der Waals surface area contributed by atoms with Gasteiger partial charge in [0.15, 0.2) is 5.25 Å². The van der Waals surface area contributed by atoms with Gasteiger partial charge in [0.2, 0.25) is 15.9 Å². The molecular formula is C10H22ClN3O3S. The van der Waals surface area contributed by atoms with Crippen molar-refractivity contribution in [2.45, 2.75) is 25.1 Å². The highest BCUT2D eigenvalue weighted by Crippen LogP contribution is 2.15. The Balaban J connectivity index is 0.00000289. The third-order valence-electron chi connectivity index (χ3n) is 3.00. The van der Waals surface area contributed by atoms with Crippen molar-refractivity contribution in [1.29, 1.82) is 0 Å². The van der Waals surface area contributed by atoms with Gasteiger partial charge in [-0.15, -0.1) is 12.4 Å². The average molecular weight is 300 g/mol. The number of piperazine rings is 1. The summed E-state index contributed by atoms with van der Waals surface area (Å²) in [4.78, 5) is 13.1. The summed E-state index contributed by atoms with van der Waals surface area (Å²) in [6, 6.07) is -0.105. The second-order valence-corrected chi connectivity index (χ2v) is 6.79. The molecule has 0 aromatic carbocycles. The van der Waals surface area contributed by atoms with Gasteiger partial charge < -0.3 is 10.2 Å². The Morgan fingerprint density at radius 2 is 2.00 bits per heavy atom. The SMILES string of the molecule is CC1CNCCN1S(=O)(=O)C(C)C(=O)N(C)C.Cl. The van der Waals surface area contributed by atoms with Crippen molar-refractivity contribution >= 4 is 28.3 Å². The monoisotopic (exact) mass is 299 g/mol. The van der Waals surface area contributed by atoms with Crippen LogP contribution in [0.25, 0.3) is 0 Å². The van der Waals surface area contributed by atoms with Crippen LogP contribution in [0.15, 0.2) is 0 Å². The second-order valence-electron chi connectivity index (χ2n) is 4.58. The lowest BCUT2D eigenvalue weighted by atomic mass is 10.3. The molecule has 1 aliphatic heterocycles. The first-order valence-electron chi connectivity index (χ1n) is 5.71. The number of rotatable bonds is 3. The Kier molecular flexibility index (Phi) is 6.56. The van der Waals surface area contributed by atoms with Crippen LogP contribution >= 0.6 is 12.4 Å². The topological polar surface area (TPSA) is 69.7 Å². The fourth-order valence-electron chi connectivity index (χ4n) is 1.89. The maximum absolute atomic E-state index is 12.3. The zero-order valence-electron chi connectivity index (χ0n) is 11.2. The summed E-state index contributed by atoms with van der Waals surface area (Å²) in [6.07, 6.45) is 0. The molecule has 108 valence electrons. The van der Waals surface area contributed by atoms with Crippen LogP contribution in [0.4, 0.5) is 0 Å². The van der Waals surface area contributed by atoms with Crippen molar-refractivity contribution in [1.82, 2.24) is 14.5 Å². The molecule has 1 N–H and O–H groups in total. The molecule has 2 atom stereocenters. The van der Waals surface area contributed by atoms with E-state index in [0.29, 0.717) is 19.6 Å². The zero-order valence-corrected chi connectivity index (χ0v) is 12.8. The molecule has 1 aliphatic rings. The molecule has 2 unspecified atom stereocenters. The van der Waals surface area contributed by atoms with E-state index in [0.717, 1.165) is 0 Å². The van der Waals surface area contributed by atoms with Gasteiger partial charge in [-0.2, -0.15) is 4.31 Å². The number of hydrogen-bond acceptors (Lipinski definition) is 4. The molecule has 0 bridgehead atoms. The molecule has 0 saturated carbocycles. The molecule has 0 aromatic rings. The number of carbonyl (C=O) groups excluding carboxylic acids is 1. The van der Waals surface area contributed by atoms with Gasteiger partial charge in [-0.1, -0.05) is 0 Å². The Morgan fingerprint density at radius 1 is 1.44 bits per heavy atom. The maximum atomic E-state index is 12.3. The highest BCUT2D eigenvalue weighted by molar-refractivity contribution is 7.90. The molecule has 18 heavy (non-hydrogen) atoms. The van der Waals surface area contributed by atoms with Gasteiger partial charge in [-0.05, 0) is 13.8 Å². The minimum Gasteiger partial charge on any atom is -0.348 e. The number of amides is 1. The summed E-state index contributed by atoms with van der Waals surface area (Å²) >= 11 is 0. The lowest BCUT2D eigenvalue weighted by Gasteiger charge is -2.34. The number of halogens is 1. The second kappa shape index (κ2) is 6.70. The molecule has 0 radical (unpaired) electrons. The molecule has 8 heteroatoms. The predicted molar refractivity (Wildman–Crippen MR) is 73.4 cm³/mol. The Hall–Kier alpha value is -0.370. The summed E-state index contributed by atoms with van der Waals surface area (Å²) < 4.78 is 26.0. The molecule has 1 heterocycles. The van der Waals surface area contributed by atoms with E-state index in [1.165, 1.54) is 16.1 Å². The smallest absolute Gasteiger partial charge is 0.241 e. The molecule has 6 nitrogen and oxygen atoms in total. The van der Waals surface area contributed by atoms with Crippen molar-refractivity contribution in [2.24, 2.45) is 0 Å². The van der Waals surface area contributed by atoms with Gasteiger partial charge in [0.25, 0.3) is 0 Å². The van der Waals surface area contributed by atoms with Crippen LogP contribution in [0.1, 0.15) is 13.8 Å². The molecule has 0 aromatic heterocycles. The Morgan fingerprint density at radius 3 is 2.44 bits per heavy atom. The Labute approximate surface area is 115 Å². The summed E-state index contributed by atoms with van der Waals surface area (Å²) in [5, 5.41) is 2.11. The molecule has 1 fully saturated rings. The third kappa shape index (κ3) is 3.57. The van der Waals surface area contributed by atoms with E-state index < -0.39 is 15.3 Å². The molecule has 0 aliphatic carbocycles. The van der Waals surface area contributed by atoms with Crippen LogP contribution in [0.2, 0.25) is 0 Å². The minimum atomic E-state index is -3.55. The van der Waals surface area contributed by atoms with Crippen LogP contribution in [-0.2, 0) is 14.8 Å². The van der Waals surface area contributed by atoms with Crippen LogP contribution < -0.4 is 5.32 Å². The quantitative estimate of drug-likeness (QED) is 0.763. The van der Waals surface area contributed by atoms with Gasteiger partial charge >= 0.3 is 0 Å². The highest BCUT2D eigenvalue weighted by Gasteiger charge is 2.37. The first-order chi connectivity index (χ1) is 7.78. The number of hydrogen-bond donors (Lipinski definition) is 1. The summed E-state index contributed by atoms with van der Waals surface area (Å²) in [5.41, 5.74) is 0.